The second-order valence-electron chi connectivity index (χ2n) is 3.75. The molecule has 0 bridgehead atoms. The number of hydrogen-bond acceptors (Lipinski definition) is 4. The Bertz CT molecular complexity index is 701. The Labute approximate surface area is 106 Å². The van der Waals surface area contributed by atoms with Crippen molar-refractivity contribution in [3.8, 4) is 16.9 Å². The van der Waals surface area contributed by atoms with Crippen molar-refractivity contribution in [2.45, 2.75) is 0 Å². The van der Waals surface area contributed by atoms with Crippen LogP contribution in [0.15, 0.2) is 27.5 Å². The second kappa shape index (κ2) is 4.60. The SMILES string of the molecule is COc1ccc(-c2c(C(=O)O)n(C)oc2=O)cc1F. The Morgan fingerprint density at radius 1 is 1.47 bits per heavy atom. The van der Waals surface area contributed by atoms with Crippen LogP contribution >= 0.6 is 0 Å². The van der Waals surface area contributed by atoms with Gasteiger partial charge in [0.1, 0.15) is 5.56 Å². The Kier molecular flexibility index (Phi) is 3.12. The lowest BCUT2D eigenvalue weighted by Crippen LogP contribution is -2.06. The van der Waals surface area contributed by atoms with Crippen LogP contribution in [0.3, 0.4) is 0 Å². The van der Waals surface area contributed by atoms with E-state index in [1.165, 1.54) is 26.3 Å². The lowest BCUT2D eigenvalue weighted by atomic mass is 10.1. The molecule has 1 N–H and O–H groups in total. The number of aromatic nitrogens is 1. The summed E-state index contributed by atoms with van der Waals surface area (Å²) in [7, 11) is 2.59. The topological polar surface area (TPSA) is 81.7 Å². The van der Waals surface area contributed by atoms with Gasteiger partial charge in [0.2, 0.25) is 0 Å². The van der Waals surface area contributed by atoms with E-state index in [0.29, 0.717) is 0 Å². The molecule has 100 valence electrons. The predicted octanol–water partition coefficient (Wildman–Crippen LogP) is 1.49. The van der Waals surface area contributed by atoms with Crippen molar-refractivity contribution in [1.82, 2.24) is 4.74 Å². The maximum Gasteiger partial charge on any atom is 0.366 e. The molecular weight excluding hydrogens is 257 g/mol. The Balaban J connectivity index is 2.69. The van der Waals surface area contributed by atoms with Crippen molar-refractivity contribution in [3.05, 3.63) is 40.1 Å². The van der Waals surface area contributed by atoms with Gasteiger partial charge in [-0.1, -0.05) is 6.07 Å². The van der Waals surface area contributed by atoms with E-state index in [2.05, 4.69) is 4.52 Å². The van der Waals surface area contributed by atoms with Crippen LogP contribution in [-0.2, 0) is 7.05 Å². The molecule has 0 unspecified atom stereocenters. The third-order valence-electron chi connectivity index (χ3n) is 2.62. The van der Waals surface area contributed by atoms with Crippen molar-refractivity contribution in [2.24, 2.45) is 7.05 Å². The maximum absolute atomic E-state index is 13.6. The fraction of sp³-hybridized carbons (Fsp3) is 0.167. The lowest BCUT2D eigenvalue weighted by molar-refractivity contribution is 0.0673. The summed E-state index contributed by atoms with van der Waals surface area (Å²) in [5.41, 5.74) is -1.26. The van der Waals surface area contributed by atoms with E-state index in [1.807, 2.05) is 0 Å². The van der Waals surface area contributed by atoms with E-state index < -0.39 is 17.4 Å². The minimum absolute atomic E-state index is 0.000874. The van der Waals surface area contributed by atoms with Gasteiger partial charge in [0.25, 0.3) is 0 Å². The normalized spacial score (nSPS) is 10.5. The molecule has 0 aliphatic heterocycles. The summed E-state index contributed by atoms with van der Waals surface area (Å²) in [6, 6.07) is 3.72. The number of halogens is 1. The molecule has 0 aliphatic carbocycles. The average Bonchev–Trinajstić information content (AvgIpc) is 2.64. The highest BCUT2D eigenvalue weighted by atomic mass is 19.1. The summed E-state index contributed by atoms with van der Waals surface area (Å²) < 4.78 is 23.9. The monoisotopic (exact) mass is 267 g/mol. The van der Waals surface area contributed by atoms with Gasteiger partial charge in [-0.15, -0.1) is 0 Å². The summed E-state index contributed by atoms with van der Waals surface area (Å²) in [5.74, 6) is -2.03. The number of carboxylic acid groups (broad SMARTS) is 1. The number of nitrogens with zero attached hydrogens (tertiary/aromatic N) is 1. The van der Waals surface area contributed by atoms with E-state index in [9.17, 15) is 14.0 Å². The molecule has 0 fully saturated rings. The Morgan fingerprint density at radius 2 is 2.16 bits per heavy atom. The van der Waals surface area contributed by atoms with Crippen LogP contribution in [0, 0.1) is 5.82 Å². The predicted molar refractivity (Wildman–Crippen MR) is 62.9 cm³/mol. The highest BCUT2D eigenvalue weighted by molar-refractivity contribution is 5.93. The number of carboxylic acids is 1. The van der Waals surface area contributed by atoms with E-state index >= 15 is 0 Å². The van der Waals surface area contributed by atoms with Gasteiger partial charge in [0.05, 0.1) is 7.11 Å². The van der Waals surface area contributed by atoms with Crippen molar-refractivity contribution in [1.29, 1.82) is 0 Å². The first-order valence-electron chi connectivity index (χ1n) is 5.23. The zero-order valence-corrected chi connectivity index (χ0v) is 10.1. The minimum Gasteiger partial charge on any atom is -0.494 e. The first kappa shape index (κ1) is 12.9. The molecule has 1 aromatic heterocycles. The number of carbonyl (C=O) groups is 1. The average molecular weight is 267 g/mol. The molecule has 0 spiro atoms. The molecule has 1 heterocycles. The molecule has 6 nitrogen and oxygen atoms in total. The number of aromatic carboxylic acids is 1. The number of rotatable bonds is 3. The molecule has 0 atom stereocenters. The third-order valence-corrected chi connectivity index (χ3v) is 2.62. The summed E-state index contributed by atoms with van der Waals surface area (Å²) in [5, 5.41) is 9.05. The van der Waals surface area contributed by atoms with Gasteiger partial charge in [-0.3, -0.25) is 0 Å². The molecule has 2 rings (SSSR count). The van der Waals surface area contributed by atoms with Crippen molar-refractivity contribution in [2.75, 3.05) is 7.11 Å². The molecule has 7 heteroatoms. The van der Waals surface area contributed by atoms with Crippen LogP contribution in [0.5, 0.6) is 5.75 Å². The summed E-state index contributed by atoms with van der Waals surface area (Å²) >= 11 is 0. The van der Waals surface area contributed by atoms with Crippen molar-refractivity contribution >= 4 is 5.97 Å². The molecule has 0 radical (unpaired) electrons. The minimum atomic E-state index is -1.33. The fourth-order valence-corrected chi connectivity index (χ4v) is 1.79. The van der Waals surface area contributed by atoms with Gasteiger partial charge in [-0.2, -0.15) is 0 Å². The maximum atomic E-state index is 13.6. The van der Waals surface area contributed by atoms with Crippen LogP contribution < -0.4 is 10.4 Å². The molecule has 19 heavy (non-hydrogen) atoms. The van der Waals surface area contributed by atoms with Gasteiger partial charge < -0.3 is 14.4 Å². The van der Waals surface area contributed by atoms with Crippen LogP contribution in [0.4, 0.5) is 4.39 Å². The molecule has 0 amide bonds. The third kappa shape index (κ3) is 2.10. The van der Waals surface area contributed by atoms with Gasteiger partial charge in [-0.05, 0) is 17.7 Å². The number of hydrogen-bond donors (Lipinski definition) is 1. The molecular formula is C12H10FNO5. The van der Waals surface area contributed by atoms with Crippen LogP contribution in [0.1, 0.15) is 10.5 Å². The van der Waals surface area contributed by atoms with E-state index in [-0.39, 0.29) is 22.6 Å². The van der Waals surface area contributed by atoms with E-state index in [1.54, 1.807) is 0 Å². The summed E-state index contributed by atoms with van der Waals surface area (Å²) in [6.07, 6.45) is 0. The highest BCUT2D eigenvalue weighted by Crippen LogP contribution is 2.26. The lowest BCUT2D eigenvalue weighted by Gasteiger charge is -2.04. The standard InChI is InChI=1S/C12H10FNO5/c1-14-10(11(15)16)9(12(17)19-14)6-3-4-8(18-2)7(13)5-6/h3-5H,1-2H3,(H,15,16). The van der Waals surface area contributed by atoms with Gasteiger partial charge in [-0.25, -0.2) is 18.7 Å². The zero-order chi connectivity index (χ0) is 14.2. The van der Waals surface area contributed by atoms with Gasteiger partial charge in [0.15, 0.2) is 17.3 Å². The highest BCUT2D eigenvalue weighted by Gasteiger charge is 2.23. The van der Waals surface area contributed by atoms with Crippen LogP contribution in [0.25, 0.3) is 11.1 Å². The largest absolute Gasteiger partial charge is 0.494 e. The van der Waals surface area contributed by atoms with Gasteiger partial charge in [0, 0.05) is 7.05 Å². The first-order valence-corrected chi connectivity index (χ1v) is 5.23. The second-order valence-corrected chi connectivity index (χ2v) is 3.75. The fourth-order valence-electron chi connectivity index (χ4n) is 1.79. The first-order chi connectivity index (χ1) is 8.95. The molecule has 2 aromatic rings. The Morgan fingerprint density at radius 3 is 2.68 bits per heavy atom. The van der Waals surface area contributed by atoms with E-state index in [4.69, 9.17) is 9.84 Å². The molecule has 0 saturated carbocycles. The van der Waals surface area contributed by atoms with Gasteiger partial charge >= 0.3 is 11.6 Å². The van der Waals surface area contributed by atoms with Crippen LogP contribution in [0.2, 0.25) is 0 Å². The summed E-state index contributed by atoms with van der Waals surface area (Å²) in [4.78, 5) is 22.7. The summed E-state index contributed by atoms with van der Waals surface area (Å²) in [6.45, 7) is 0. The number of benzene rings is 1. The van der Waals surface area contributed by atoms with E-state index in [0.717, 1.165) is 10.8 Å². The number of aryl methyl sites for hydroxylation is 1. The molecule has 0 aliphatic rings. The molecule has 0 saturated heterocycles. The quantitative estimate of drug-likeness (QED) is 0.911. The Hall–Kier alpha value is -2.57. The number of methoxy groups -OCH3 is 1. The molecule has 1 aromatic carbocycles. The number of ether oxygens (including phenoxy) is 1. The van der Waals surface area contributed by atoms with Crippen LogP contribution in [-0.4, -0.2) is 22.9 Å². The van der Waals surface area contributed by atoms with Crippen molar-refractivity contribution in [3.63, 3.8) is 0 Å². The van der Waals surface area contributed by atoms with Crippen molar-refractivity contribution < 1.29 is 23.6 Å². The zero-order valence-electron chi connectivity index (χ0n) is 10.1. The smallest absolute Gasteiger partial charge is 0.366 e.